The summed E-state index contributed by atoms with van der Waals surface area (Å²) in [6.45, 7) is 8.36. The molecule has 0 bridgehead atoms. The molecule has 0 spiro atoms. The van der Waals surface area contributed by atoms with Crippen LogP contribution >= 0.6 is 0 Å². The van der Waals surface area contributed by atoms with Crippen molar-refractivity contribution in [1.29, 1.82) is 0 Å². The van der Waals surface area contributed by atoms with Gasteiger partial charge in [-0.3, -0.25) is 9.59 Å². The van der Waals surface area contributed by atoms with Crippen molar-refractivity contribution in [3.8, 4) is 5.75 Å². The van der Waals surface area contributed by atoms with Crippen LogP contribution in [0.25, 0.3) is 0 Å². The third kappa shape index (κ3) is 4.17. The molecule has 0 atom stereocenters. The van der Waals surface area contributed by atoms with Gasteiger partial charge in [-0.1, -0.05) is 0 Å². The highest BCUT2D eigenvalue weighted by Crippen LogP contribution is 2.21. The molecule has 110 valence electrons. The van der Waals surface area contributed by atoms with Gasteiger partial charge in [0.1, 0.15) is 23.7 Å². The standard InChI is InChI=1S/C16H22O4/c1-11(17)15(2,3)10-20-13-8-6-12(7-9-13)14(18)16(4,5)19/h6-9,19H,10H2,1-5H3. The Bertz CT molecular complexity index is 492. The topological polar surface area (TPSA) is 63.6 Å². The number of benzene rings is 1. The van der Waals surface area contributed by atoms with E-state index in [9.17, 15) is 14.7 Å². The van der Waals surface area contributed by atoms with Gasteiger partial charge in [-0.05, 0) is 58.9 Å². The molecule has 0 aromatic heterocycles. The van der Waals surface area contributed by atoms with Crippen LogP contribution in [-0.2, 0) is 4.79 Å². The van der Waals surface area contributed by atoms with E-state index in [1.807, 2.05) is 13.8 Å². The summed E-state index contributed by atoms with van der Waals surface area (Å²) >= 11 is 0. The average molecular weight is 278 g/mol. The number of hydrogen-bond acceptors (Lipinski definition) is 4. The van der Waals surface area contributed by atoms with Crippen LogP contribution in [0, 0.1) is 5.41 Å². The van der Waals surface area contributed by atoms with Crippen LogP contribution in [0.5, 0.6) is 5.75 Å². The van der Waals surface area contributed by atoms with E-state index >= 15 is 0 Å². The molecule has 4 nitrogen and oxygen atoms in total. The van der Waals surface area contributed by atoms with Crippen LogP contribution < -0.4 is 4.74 Å². The second-order valence-corrected chi connectivity index (χ2v) is 6.14. The van der Waals surface area contributed by atoms with Gasteiger partial charge in [0.05, 0.1) is 5.41 Å². The van der Waals surface area contributed by atoms with Gasteiger partial charge in [0.2, 0.25) is 0 Å². The number of carbonyl (C=O) groups excluding carboxylic acids is 2. The van der Waals surface area contributed by atoms with E-state index in [0.717, 1.165) is 0 Å². The van der Waals surface area contributed by atoms with Gasteiger partial charge in [-0.15, -0.1) is 0 Å². The molecule has 0 aliphatic carbocycles. The molecule has 0 heterocycles. The molecule has 0 saturated carbocycles. The average Bonchev–Trinajstić information content (AvgIpc) is 2.35. The summed E-state index contributed by atoms with van der Waals surface area (Å²) in [6.07, 6.45) is 0. The Kier molecular flexibility index (Phi) is 4.71. The lowest BCUT2D eigenvalue weighted by Crippen LogP contribution is -2.31. The van der Waals surface area contributed by atoms with Gasteiger partial charge < -0.3 is 9.84 Å². The van der Waals surface area contributed by atoms with Crippen molar-refractivity contribution in [1.82, 2.24) is 0 Å². The molecule has 1 aromatic carbocycles. The summed E-state index contributed by atoms with van der Waals surface area (Å²) in [4.78, 5) is 23.2. The lowest BCUT2D eigenvalue weighted by Gasteiger charge is -2.21. The largest absolute Gasteiger partial charge is 0.493 e. The van der Waals surface area contributed by atoms with Crippen LogP contribution in [0.1, 0.15) is 45.0 Å². The normalized spacial score (nSPS) is 12.1. The number of hydrogen-bond donors (Lipinski definition) is 1. The van der Waals surface area contributed by atoms with Crippen LogP contribution in [0.15, 0.2) is 24.3 Å². The highest BCUT2D eigenvalue weighted by molar-refractivity contribution is 6.01. The smallest absolute Gasteiger partial charge is 0.193 e. The summed E-state index contributed by atoms with van der Waals surface area (Å²) in [6, 6.07) is 6.54. The van der Waals surface area contributed by atoms with E-state index in [-0.39, 0.29) is 18.2 Å². The Hall–Kier alpha value is -1.68. The van der Waals surface area contributed by atoms with Crippen LogP contribution in [-0.4, -0.2) is 28.9 Å². The molecule has 1 aromatic rings. The zero-order valence-electron chi connectivity index (χ0n) is 12.7. The highest BCUT2D eigenvalue weighted by Gasteiger charge is 2.26. The number of aliphatic hydroxyl groups is 1. The molecular weight excluding hydrogens is 256 g/mol. The molecule has 0 amide bonds. The van der Waals surface area contributed by atoms with Crippen molar-refractivity contribution in [2.45, 2.75) is 40.2 Å². The monoisotopic (exact) mass is 278 g/mol. The fourth-order valence-electron chi connectivity index (χ4n) is 1.42. The maximum atomic E-state index is 11.8. The van der Waals surface area contributed by atoms with Crippen molar-refractivity contribution in [2.24, 2.45) is 5.41 Å². The molecule has 0 saturated heterocycles. The number of carbonyl (C=O) groups is 2. The van der Waals surface area contributed by atoms with Crippen molar-refractivity contribution < 1.29 is 19.4 Å². The van der Waals surface area contributed by atoms with Crippen molar-refractivity contribution in [3.05, 3.63) is 29.8 Å². The zero-order chi connectivity index (χ0) is 15.6. The first-order valence-corrected chi connectivity index (χ1v) is 6.55. The Morgan fingerprint density at radius 3 is 2.00 bits per heavy atom. The minimum Gasteiger partial charge on any atom is -0.493 e. The number of Topliss-reactive ketones (excluding diaryl/α,β-unsaturated/α-hetero) is 2. The van der Waals surface area contributed by atoms with E-state index in [0.29, 0.717) is 11.3 Å². The van der Waals surface area contributed by atoms with Gasteiger partial charge in [0, 0.05) is 5.56 Å². The Labute approximate surface area is 119 Å². The maximum Gasteiger partial charge on any atom is 0.193 e. The summed E-state index contributed by atoms with van der Waals surface area (Å²) in [5, 5.41) is 9.66. The maximum absolute atomic E-state index is 11.8. The number of ketones is 2. The summed E-state index contributed by atoms with van der Waals surface area (Å²) < 4.78 is 5.56. The van der Waals surface area contributed by atoms with Crippen molar-refractivity contribution in [3.63, 3.8) is 0 Å². The Balaban J connectivity index is 2.74. The van der Waals surface area contributed by atoms with Crippen LogP contribution in [0.2, 0.25) is 0 Å². The third-order valence-corrected chi connectivity index (χ3v) is 3.22. The van der Waals surface area contributed by atoms with E-state index in [4.69, 9.17) is 4.74 Å². The lowest BCUT2D eigenvalue weighted by molar-refractivity contribution is -0.126. The molecule has 1 N–H and O–H groups in total. The highest BCUT2D eigenvalue weighted by atomic mass is 16.5. The lowest BCUT2D eigenvalue weighted by atomic mass is 9.90. The molecule has 0 fully saturated rings. The van der Waals surface area contributed by atoms with Crippen molar-refractivity contribution >= 4 is 11.6 Å². The zero-order valence-corrected chi connectivity index (χ0v) is 12.7. The number of ether oxygens (including phenoxy) is 1. The molecule has 0 aliphatic rings. The second kappa shape index (κ2) is 5.75. The van der Waals surface area contributed by atoms with Gasteiger partial charge in [-0.25, -0.2) is 0 Å². The van der Waals surface area contributed by atoms with E-state index in [1.165, 1.54) is 20.8 Å². The summed E-state index contributed by atoms with van der Waals surface area (Å²) in [5.74, 6) is 0.311. The first-order valence-electron chi connectivity index (χ1n) is 6.55. The van der Waals surface area contributed by atoms with Gasteiger partial charge in [-0.2, -0.15) is 0 Å². The minimum atomic E-state index is -1.39. The van der Waals surface area contributed by atoms with E-state index in [2.05, 4.69) is 0 Å². The Morgan fingerprint density at radius 2 is 1.60 bits per heavy atom. The van der Waals surface area contributed by atoms with Gasteiger partial charge in [0.25, 0.3) is 0 Å². The fraction of sp³-hybridized carbons (Fsp3) is 0.500. The first kappa shape index (κ1) is 16.4. The predicted molar refractivity (Wildman–Crippen MR) is 77.0 cm³/mol. The second-order valence-electron chi connectivity index (χ2n) is 6.14. The minimum absolute atomic E-state index is 0.0614. The quantitative estimate of drug-likeness (QED) is 0.812. The Morgan fingerprint density at radius 1 is 1.10 bits per heavy atom. The molecule has 20 heavy (non-hydrogen) atoms. The van der Waals surface area contributed by atoms with Gasteiger partial charge in [0.15, 0.2) is 5.78 Å². The molecule has 0 aliphatic heterocycles. The van der Waals surface area contributed by atoms with Gasteiger partial charge >= 0.3 is 0 Å². The third-order valence-electron chi connectivity index (χ3n) is 3.22. The molecule has 1 rings (SSSR count). The van der Waals surface area contributed by atoms with E-state index in [1.54, 1.807) is 24.3 Å². The molecular formula is C16H22O4. The summed E-state index contributed by atoms with van der Waals surface area (Å²) in [5.41, 5.74) is -1.50. The summed E-state index contributed by atoms with van der Waals surface area (Å²) in [7, 11) is 0. The van der Waals surface area contributed by atoms with Crippen LogP contribution in [0.4, 0.5) is 0 Å². The fourth-order valence-corrected chi connectivity index (χ4v) is 1.42. The SMILES string of the molecule is CC(=O)C(C)(C)COc1ccc(C(=O)C(C)(C)O)cc1. The molecule has 4 heteroatoms. The number of rotatable bonds is 6. The van der Waals surface area contributed by atoms with Crippen molar-refractivity contribution in [2.75, 3.05) is 6.61 Å². The predicted octanol–water partition coefficient (Wildman–Crippen LogP) is 2.63. The van der Waals surface area contributed by atoms with Crippen LogP contribution in [0.3, 0.4) is 0 Å². The first-order chi connectivity index (χ1) is 9.04. The molecule has 0 unspecified atom stereocenters. The van der Waals surface area contributed by atoms with E-state index < -0.39 is 11.0 Å². The molecule has 0 radical (unpaired) electrons.